The number of tetrazole rings is 1. The van der Waals surface area contributed by atoms with Crippen LogP contribution < -0.4 is 20.5 Å². The van der Waals surface area contributed by atoms with E-state index in [9.17, 15) is 16.8 Å². The van der Waals surface area contributed by atoms with Gasteiger partial charge in [0.25, 0.3) is 0 Å². The first-order chi connectivity index (χ1) is 16.7. The van der Waals surface area contributed by atoms with E-state index in [1.54, 1.807) is 19.2 Å². The zero-order valence-corrected chi connectivity index (χ0v) is 21.2. The summed E-state index contributed by atoms with van der Waals surface area (Å²) in [5, 5.41) is 17.1. The average Bonchev–Trinajstić information content (AvgIpc) is 3.50. The normalized spacial score (nSPS) is 12.4. The van der Waals surface area contributed by atoms with E-state index < -0.39 is 29.8 Å². The van der Waals surface area contributed by atoms with Crippen molar-refractivity contribution in [1.29, 1.82) is 0 Å². The Morgan fingerprint density at radius 3 is 2.51 bits per heavy atom. The molecule has 0 amide bonds. The molecule has 0 saturated carbocycles. The lowest BCUT2D eigenvalue weighted by Crippen LogP contribution is -2.30. The third kappa shape index (κ3) is 4.89. The second kappa shape index (κ2) is 9.92. The number of hydrogen-bond donors (Lipinski definition) is 5. The molecule has 2 aromatic heterocycles. The fourth-order valence-electron chi connectivity index (χ4n) is 3.59. The van der Waals surface area contributed by atoms with Gasteiger partial charge in [0, 0.05) is 12.1 Å². The van der Waals surface area contributed by atoms with E-state index in [0.29, 0.717) is 34.7 Å². The van der Waals surface area contributed by atoms with Gasteiger partial charge < -0.3 is 11.1 Å². The molecule has 35 heavy (non-hydrogen) atoms. The van der Waals surface area contributed by atoms with Gasteiger partial charge in [-0.25, -0.2) is 31.3 Å². The monoisotopic (exact) mass is 537 g/mol. The highest BCUT2D eigenvalue weighted by Crippen LogP contribution is 2.42. The zero-order chi connectivity index (χ0) is 25.2. The number of aromatic nitrogens is 5. The Morgan fingerprint density at radius 1 is 1.03 bits per heavy atom. The minimum Gasteiger partial charge on any atom is -0.375 e. The minimum atomic E-state index is -4.33. The van der Waals surface area contributed by atoms with Crippen molar-refractivity contribution in [3.05, 3.63) is 30.3 Å². The maximum Gasteiger partial charge on any atom is 0.242 e. The van der Waals surface area contributed by atoms with Gasteiger partial charge in [0.1, 0.15) is 9.79 Å². The molecule has 0 bridgehead atoms. The van der Waals surface area contributed by atoms with Gasteiger partial charge in [-0.1, -0.05) is 29.5 Å². The Balaban J connectivity index is 2.04. The second-order valence-corrected chi connectivity index (χ2v) is 11.9. The first kappa shape index (κ1) is 25.1. The van der Waals surface area contributed by atoms with Crippen LogP contribution >= 0.6 is 11.3 Å². The molecular weight excluding hydrogens is 514 g/mol. The highest BCUT2D eigenvalue weighted by molar-refractivity contribution is 7.92. The average molecular weight is 538 g/mol. The third-order valence-electron chi connectivity index (χ3n) is 5.14. The fourth-order valence-corrected chi connectivity index (χ4v) is 7.18. The van der Waals surface area contributed by atoms with Gasteiger partial charge in [-0.3, -0.25) is 0 Å². The summed E-state index contributed by atoms with van der Waals surface area (Å²) in [7, 11) is -5.62. The Hall–Kier alpha value is -3.02. The molecule has 0 aliphatic heterocycles. The Kier molecular flexibility index (Phi) is 7.11. The van der Waals surface area contributed by atoms with Gasteiger partial charge in [0.05, 0.1) is 15.8 Å². The van der Waals surface area contributed by atoms with Crippen LogP contribution in [0.1, 0.15) is 6.42 Å². The summed E-state index contributed by atoms with van der Waals surface area (Å²) in [6, 6.07) is 8.10. The van der Waals surface area contributed by atoms with Crippen LogP contribution in [0, 0.1) is 0 Å². The number of para-hydroxylation sites is 1. The van der Waals surface area contributed by atoms with Crippen LogP contribution in [-0.4, -0.2) is 69.6 Å². The summed E-state index contributed by atoms with van der Waals surface area (Å²) in [5.74, 6) is -0.0961. The standard InChI is InChI=1S/C19H23N9O4S3/c1-21-9-4-10-23-34(29,30)14-8-7-11(12-5-3-6-13-16(12)24-19(20)33-13)15(18-25-27-28-26-18)17(14)35(31,32)22-2/h3,5-8,21-23H,4,9-10H2,1-2H3,(H2,20,24)(H,25,26,27,28). The van der Waals surface area contributed by atoms with Crippen LogP contribution in [0.3, 0.4) is 0 Å². The van der Waals surface area contributed by atoms with Gasteiger partial charge in [0.2, 0.25) is 25.9 Å². The maximum absolute atomic E-state index is 13.3. The number of benzene rings is 2. The molecule has 0 saturated heterocycles. The smallest absolute Gasteiger partial charge is 0.242 e. The van der Waals surface area contributed by atoms with Crippen LogP contribution in [0.4, 0.5) is 5.13 Å². The molecule has 4 aromatic rings. The summed E-state index contributed by atoms with van der Waals surface area (Å²) in [4.78, 5) is 3.44. The number of sulfonamides is 2. The molecule has 0 aliphatic carbocycles. The van der Waals surface area contributed by atoms with E-state index in [0.717, 1.165) is 4.70 Å². The van der Waals surface area contributed by atoms with Gasteiger partial charge in [0.15, 0.2) is 5.13 Å². The van der Waals surface area contributed by atoms with Crippen molar-refractivity contribution in [2.24, 2.45) is 0 Å². The summed E-state index contributed by atoms with van der Waals surface area (Å²) in [6.45, 7) is 0.691. The molecule has 0 spiro atoms. The molecule has 0 fully saturated rings. The first-order valence-electron chi connectivity index (χ1n) is 10.3. The van der Waals surface area contributed by atoms with Gasteiger partial charge in [-0.15, -0.1) is 10.2 Å². The van der Waals surface area contributed by atoms with Crippen LogP contribution in [0.5, 0.6) is 0 Å². The van der Waals surface area contributed by atoms with Crippen LogP contribution in [0.15, 0.2) is 40.1 Å². The Morgan fingerprint density at radius 2 is 1.83 bits per heavy atom. The second-order valence-electron chi connectivity index (χ2n) is 7.32. The van der Waals surface area contributed by atoms with Crippen molar-refractivity contribution >= 4 is 46.7 Å². The molecule has 2 aromatic carbocycles. The number of fused-ring (bicyclic) bond motifs is 1. The number of H-pyrrole nitrogens is 1. The molecule has 0 unspecified atom stereocenters. The lowest BCUT2D eigenvalue weighted by atomic mass is 9.98. The van der Waals surface area contributed by atoms with Crippen molar-refractivity contribution < 1.29 is 16.8 Å². The van der Waals surface area contributed by atoms with E-state index in [-0.39, 0.29) is 17.9 Å². The number of nitrogens with one attached hydrogen (secondary N) is 4. The lowest BCUT2D eigenvalue weighted by Gasteiger charge is -2.18. The quantitative estimate of drug-likeness (QED) is 0.178. The fraction of sp³-hybridized carbons (Fsp3) is 0.263. The van der Waals surface area contributed by atoms with E-state index in [2.05, 4.69) is 40.4 Å². The zero-order valence-electron chi connectivity index (χ0n) is 18.7. The molecule has 0 aliphatic rings. The summed E-state index contributed by atoms with van der Waals surface area (Å²) < 4.78 is 58.5. The Bertz CT molecular complexity index is 1570. The van der Waals surface area contributed by atoms with E-state index in [1.165, 1.54) is 30.5 Å². The third-order valence-corrected chi connectivity index (χ3v) is 9.12. The number of nitrogen functional groups attached to an aromatic ring is 1. The number of rotatable bonds is 10. The molecule has 2 heterocycles. The molecule has 0 atom stereocenters. The van der Waals surface area contributed by atoms with Crippen molar-refractivity contribution in [3.63, 3.8) is 0 Å². The molecule has 16 heteroatoms. The van der Waals surface area contributed by atoms with Crippen molar-refractivity contribution in [2.45, 2.75) is 16.2 Å². The molecular formula is C19H23N9O4S3. The number of anilines is 1. The number of hydrogen-bond acceptors (Lipinski definition) is 11. The van der Waals surface area contributed by atoms with Crippen LogP contribution in [0.2, 0.25) is 0 Å². The molecule has 4 rings (SSSR count). The lowest BCUT2D eigenvalue weighted by molar-refractivity contribution is 0.568. The summed E-state index contributed by atoms with van der Waals surface area (Å²) in [5.41, 5.74) is 7.30. The van der Waals surface area contributed by atoms with Gasteiger partial charge >= 0.3 is 0 Å². The minimum absolute atomic E-state index is 0.0368. The topological polar surface area (TPSA) is 198 Å². The van der Waals surface area contributed by atoms with Crippen LogP contribution in [-0.2, 0) is 20.0 Å². The van der Waals surface area contributed by atoms with Crippen molar-refractivity contribution in [2.75, 3.05) is 32.9 Å². The highest BCUT2D eigenvalue weighted by Gasteiger charge is 2.33. The number of aromatic amines is 1. The van der Waals surface area contributed by atoms with Gasteiger partial charge in [-0.05, 0) is 50.0 Å². The number of thiazole rings is 1. The molecule has 13 nitrogen and oxygen atoms in total. The molecule has 186 valence electrons. The maximum atomic E-state index is 13.3. The molecule has 0 radical (unpaired) electrons. The summed E-state index contributed by atoms with van der Waals surface area (Å²) in [6.07, 6.45) is 0.507. The van der Waals surface area contributed by atoms with Crippen molar-refractivity contribution in [1.82, 2.24) is 40.4 Å². The predicted octanol–water partition coefficient (Wildman–Crippen LogP) is 0.522. The number of nitrogens with zero attached hydrogens (tertiary/aromatic N) is 4. The largest absolute Gasteiger partial charge is 0.375 e. The first-order valence-corrected chi connectivity index (χ1v) is 14.1. The summed E-state index contributed by atoms with van der Waals surface area (Å²) >= 11 is 1.27. The SMILES string of the molecule is CNCCCNS(=O)(=O)c1ccc(-c2cccc3sc(N)nc23)c(-c2nn[nH]n2)c1S(=O)(=O)NC. The van der Waals surface area contributed by atoms with E-state index in [1.807, 2.05) is 6.07 Å². The predicted molar refractivity (Wildman–Crippen MR) is 133 cm³/mol. The molecule has 6 N–H and O–H groups in total. The Labute approximate surface area is 205 Å². The van der Waals surface area contributed by atoms with E-state index >= 15 is 0 Å². The van der Waals surface area contributed by atoms with Crippen molar-refractivity contribution in [3.8, 4) is 22.5 Å². The number of nitrogens with two attached hydrogens (primary N) is 1. The van der Waals surface area contributed by atoms with Gasteiger partial charge in [-0.2, -0.15) is 5.21 Å². The highest BCUT2D eigenvalue weighted by atomic mass is 32.2. The van der Waals surface area contributed by atoms with Crippen LogP contribution in [0.25, 0.3) is 32.7 Å². The van der Waals surface area contributed by atoms with E-state index in [4.69, 9.17) is 5.73 Å².